The topological polar surface area (TPSA) is 79.4 Å². The molecular formula is C17H12FNO4. The van der Waals surface area contributed by atoms with Gasteiger partial charge in [-0.25, -0.2) is 9.18 Å². The highest BCUT2D eigenvalue weighted by Gasteiger charge is 2.12. The standard InChI is InChI=1S/C17H12FNO4/c18-11-3-1-2-10(6-11)9-23-12-4-5-15-13(7-12)16(20)14(8-19-15)17(21)22/h1-8H,9H2,(H,19,20)(H,21,22). The van der Waals surface area contributed by atoms with Crippen LogP contribution in [0.3, 0.4) is 0 Å². The number of benzene rings is 2. The van der Waals surface area contributed by atoms with Gasteiger partial charge in [-0.15, -0.1) is 0 Å². The van der Waals surface area contributed by atoms with E-state index in [1.165, 1.54) is 24.4 Å². The molecule has 0 radical (unpaired) electrons. The van der Waals surface area contributed by atoms with Crippen molar-refractivity contribution in [1.82, 2.24) is 4.98 Å². The lowest BCUT2D eigenvalue weighted by Gasteiger charge is -2.08. The van der Waals surface area contributed by atoms with Crippen molar-refractivity contribution < 1.29 is 19.0 Å². The zero-order valence-electron chi connectivity index (χ0n) is 11.9. The largest absolute Gasteiger partial charge is 0.489 e. The van der Waals surface area contributed by atoms with E-state index in [1.54, 1.807) is 24.3 Å². The molecule has 0 saturated heterocycles. The molecule has 0 fully saturated rings. The fraction of sp³-hybridized carbons (Fsp3) is 0.0588. The van der Waals surface area contributed by atoms with Crippen molar-refractivity contribution in [3.63, 3.8) is 0 Å². The molecule has 1 heterocycles. The van der Waals surface area contributed by atoms with Gasteiger partial charge in [0, 0.05) is 11.7 Å². The number of aromatic amines is 1. The number of hydrogen-bond acceptors (Lipinski definition) is 3. The second-order valence-electron chi connectivity index (χ2n) is 4.96. The van der Waals surface area contributed by atoms with Crippen molar-refractivity contribution in [2.24, 2.45) is 0 Å². The Morgan fingerprint density at radius 3 is 2.78 bits per heavy atom. The number of aromatic nitrogens is 1. The number of carbonyl (C=O) groups is 1. The minimum absolute atomic E-state index is 0.139. The Bertz CT molecular complexity index is 949. The van der Waals surface area contributed by atoms with Crippen molar-refractivity contribution in [2.45, 2.75) is 6.61 Å². The summed E-state index contributed by atoms with van der Waals surface area (Å²) in [5, 5.41) is 9.21. The summed E-state index contributed by atoms with van der Waals surface area (Å²) < 4.78 is 18.7. The molecule has 2 aromatic carbocycles. The van der Waals surface area contributed by atoms with Gasteiger partial charge in [-0.05, 0) is 35.9 Å². The summed E-state index contributed by atoms with van der Waals surface area (Å²) in [5.41, 5.74) is 0.249. The number of H-pyrrole nitrogens is 1. The molecule has 3 rings (SSSR count). The molecule has 5 nitrogen and oxygen atoms in total. The summed E-state index contributed by atoms with van der Waals surface area (Å²) in [4.78, 5) is 25.9. The van der Waals surface area contributed by atoms with E-state index < -0.39 is 11.4 Å². The monoisotopic (exact) mass is 313 g/mol. The van der Waals surface area contributed by atoms with Crippen LogP contribution in [0.25, 0.3) is 10.9 Å². The molecule has 0 aliphatic carbocycles. The number of aromatic carboxylic acids is 1. The number of hydrogen-bond donors (Lipinski definition) is 2. The van der Waals surface area contributed by atoms with E-state index in [1.807, 2.05) is 0 Å². The third-order valence-electron chi connectivity index (χ3n) is 3.38. The summed E-state index contributed by atoms with van der Waals surface area (Å²) in [7, 11) is 0. The third-order valence-corrected chi connectivity index (χ3v) is 3.38. The van der Waals surface area contributed by atoms with Gasteiger partial charge >= 0.3 is 5.97 Å². The van der Waals surface area contributed by atoms with Gasteiger partial charge in [-0.1, -0.05) is 12.1 Å². The SMILES string of the molecule is O=C(O)c1c[nH]c2ccc(OCc3cccc(F)c3)cc2c1=O. The molecule has 2 N–H and O–H groups in total. The molecule has 0 aliphatic rings. The highest BCUT2D eigenvalue weighted by Crippen LogP contribution is 2.19. The second-order valence-corrected chi connectivity index (χ2v) is 4.96. The van der Waals surface area contributed by atoms with Crippen molar-refractivity contribution in [3.8, 4) is 5.75 Å². The molecule has 3 aromatic rings. The summed E-state index contributed by atoms with van der Waals surface area (Å²) in [6.07, 6.45) is 1.17. The quantitative estimate of drug-likeness (QED) is 0.776. The normalized spacial score (nSPS) is 10.7. The first kappa shape index (κ1) is 14.8. The van der Waals surface area contributed by atoms with Gasteiger partial charge in [-0.2, -0.15) is 0 Å². The van der Waals surface area contributed by atoms with Crippen molar-refractivity contribution >= 4 is 16.9 Å². The molecule has 116 valence electrons. The molecular weight excluding hydrogens is 301 g/mol. The Morgan fingerprint density at radius 1 is 1.22 bits per heavy atom. The molecule has 0 unspecified atom stereocenters. The fourth-order valence-corrected chi connectivity index (χ4v) is 2.24. The minimum Gasteiger partial charge on any atom is -0.489 e. The van der Waals surface area contributed by atoms with Crippen LogP contribution in [-0.2, 0) is 6.61 Å². The Morgan fingerprint density at radius 2 is 2.04 bits per heavy atom. The van der Waals surface area contributed by atoms with E-state index in [9.17, 15) is 14.0 Å². The van der Waals surface area contributed by atoms with Gasteiger partial charge in [0.1, 0.15) is 23.7 Å². The van der Waals surface area contributed by atoms with Crippen molar-refractivity contribution in [3.05, 3.63) is 75.8 Å². The van der Waals surface area contributed by atoms with Crippen LogP contribution in [0.15, 0.2) is 53.5 Å². The summed E-state index contributed by atoms with van der Waals surface area (Å²) in [6.45, 7) is 0.139. The van der Waals surface area contributed by atoms with Crippen LogP contribution >= 0.6 is 0 Å². The third kappa shape index (κ3) is 3.06. The van der Waals surface area contributed by atoms with E-state index >= 15 is 0 Å². The predicted molar refractivity (Wildman–Crippen MR) is 82.3 cm³/mol. The molecule has 23 heavy (non-hydrogen) atoms. The van der Waals surface area contributed by atoms with Gasteiger partial charge in [0.25, 0.3) is 0 Å². The number of carboxylic acid groups (broad SMARTS) is 1. The van der Waals surface area contributed by atoms with Crippen molar-refractivity contribution in [1.29, 1.82) is 0 Å². The average Bonchev–Trinajstić information content (AvgIpc) is 2.53. The van der Waals surface area contributed by atoms with E-state index in [2.05, 4.69) is 4.98 Å². The maximum absolute atomic E-state index is 13.1. The predicted octanol–water partition coefficient (Wildman–Crippen LogP) is 2.94. The number of fused-ring (bicyclic) bond motifs is 1. The van der Waals surface area contributed by atoms with Crippen LogP contribution in [0, 0.1) is 5.82 Å². The maximum atomic E-state index is 13.1. The first-order valence-corrected chi connectivity index (χ1v) is 6.80. The van der Waals surface area contributed by atoms with E-state index in [0.29, 0.717) is 16.8 Å². The lowest BCUT2D eigenvalue weighted by atomic mass is 10.1. The number of pyridine rings is 1. The Labute approximate surface area is 130 Å². The Balaban J connectivity index is 1.91. The fourth-order valence-electron chi connectivity index (χ4n) is 2.24. The zero-order valence-corrected chi connectivity index (χ0v) is 11.9. The molecule has 0 spiro atoms. The molecule has 6 heteroatoms. The molecule has 0 atom stereocenters. The maximum Gasteiger partial charge on any atom is 0.341 e. The number of ether oxygens (including phenoxy) is 1. The molecule has 0 amide bonds. The van der Waals surface area contributed by atoms with Crippen LogP contribution in [0.2, 0.25) is 0 Å². The minimum atomic E-state index is -1.29. The number of halogens is 1. The molecule has 0 saturated carbocycles. The molecule has 0 aliphatic heterocycles. The molecule has 0 bridgehead atoms. The van der Waals surface area contributed by atoms with Crippen LogP contribution in [0.1, 0.15) is 15.9 Å². The lowest BCUT2D eigenvalue weighted by Crippen LogP contribution is -2.15. The summed E-state index contributed by atoms with van der Waals surface area (Å²) in [5.74, 6) is -1.25. The first-order valence-electron chi connectivity index (χ1n) is 6.80. The van der Waals surface area contributed by atoms with Gasteiger partial charge < -0.3 is 14.8 Å². The molecule has 1 aromatic heterocycles. The van der Waals surface area contributed by atoms with Crippen LogP contribution < -0.4 is 10.2 Å². The zero-order chi connectivity index (χ0) is 16.4. The summed E-state index contributed by atoms with van der Waals surface area (Å²) >= 11 is 0. The lowest BCUT2D eigenvalue weighted by molar-refractivity contribution is 0.0695. The Hall–Kier alpha value is -3.15. The average molecular weight is 313 g/mol. The van der Waals surface area contributed by atoms with Gasteiger partial charge in [0.05, 0.1) is 5.39 Å². The second kappa shape index (κ2) is 5.92. The number of rotatable bonds is 4. The van der Waals surface area contributed by atoms with Crippen LogP contribution in [0.5, 0.6) is 5.75 Å². The number of carboxylic acids is 1. The highest BCUT2D eigenvalue weighted by molar-refractivity contribution is 5.92. The van der Waals surface area contributed by atoms with Gasteiger partial charge in [-0.3, -0.25) is 4.79 Å². The van der Waals surface area contributed by atoms with E-state index in [4.69, 9.17) is 9.84 Å². The van der Waals surface area contributed by atoms with Crippen molar-refractivity contribution in [2.75, 3.05) is 0 Å². The van der Waals surface area contributed by atoms with E-state index in [0.717, 1.165) is 0 Å². The van der Waals surface area contributed by atoms with Gasteiger partial charge in [0.15, 0.2) is 0 Å². The number of nitrogens with one attached hydrogen (secondary N) is 1. The smallest absolute Gasteiger partial charge is 0.341 e. The summed E-state index contributed by atoms with van der Waals surface area (Å²) in [6, 6.07) is 10.8. The first-order chi connectivity index (χ1) is 11.0. The Kier molecular flexibility index (Phi) is 3.80. The highest BCUT2D eigenvalue weighted by atomic mass is 19.1. The van der Waals surface area contributed by atoms with E-state index in [-0.39, 0.29) is 23.4 Å². The van der Waals surface area contributed by atoms with Crippen LogP contribution in [-0.4, -0.2) is 16.1 Å². The van der Waals surface area contributed by atoms with Gasteiger partial charge in [0.2, 0.25) is 5.43 Å². The van der Waals surface area contributed by atoms with Crippen LogP contribution in [0.4, 0.5) is 4.39 Å².